The smallest absolute Gasteiger partial charge is 0.266 e. The number of amides is 2. The Bertz CT molecular complexity index is 1130. The van der Waals surface area contributed by atoms with Crippen LogP contribution in [0.1, 0.15) is 17.2 Å². The first kappa shape index (κ1) is 18.9. The number of carbonyl (C=O) groups is 2. The second kappa shape index (κ2) is 7.27. The minimum absolute atomic E-state index is 0.265. The maximum absolute atomic E-state index is 13.5. The van der Waals surface area contributed by atoms with Crippen LogP contribution in [-0.4, -0.2) is 17.9 Å². The number of imide groups is 1. The number of benzene rings is 3. The van der Waals surface area contributed by atoms with E-state index in [-0.39, 0.29) is 11.8 Å². The highest BCUT2D eigenvalue weighted by molar-refractivity contribution is 6.30. The van der Waals surface area contributed by atoms with Gasteiger partial charge in [-0.25, -0.2) is 9.96 Å². The zero-order valence-electron chi connectivity index (χ0n) is 16.2. The highest BCUT2D eigenvalue weighted by Crippen LogP contribution is 2.47. The number of hydroxylamine groups is 1. The number of fused-ring (bicyclic) bond motifs is 1. The average Bonchev–Trinajstić information content (AvgIpc) is 3.25. The number of carbonyl (C=O) groups excluding carboxylic acids is 2. The van der Waals surface area contributed by atoms with E-state index in [1.807, 2.05) is 73.7 Å². The van der Waals surface area contributed by atoms with Crippen LogP contribution in [0.5, 0.6) is 0 Å². The molecule has 2 fully saturated rings. The summed E-state index contributed by atoms with van der Waals surface area (Å²) in [6.45, 7) is 1.93. The van der Waals surface area contributed by atoms with Gasteiger partial charge in [0.1, 0.15) is 5.92 Å². The van der Waals surface area contributed by atoms with E-state index < -0.39 is 18.1 Å². The first-order valence-corrected chi connectivity index (χ1v) is 10.1. The van der Waals surface area contributed by atoms with Crippen LogP contribution >= 0.6 is 11.6 Å². The summed E-state index contributed by atoms with van der Waals surface area (Å²) in [6.07, 6.45) is -0.887. The first-order valence-electron chi connectivity index (χ1n) is 9.75. The average molecular weight is 419 g/mol. The Kier molecular flexibility index (Phi) is 4.57. The van der Waals surface area contributed by atoms with Crippen LogP contribution in [0.2, 0.25) is 5.02 Å². The van der Waals surface area contributed by atoms with E-state index in [0.29, 0.717) is 10.7 Å². The molecule has 3 aromatic rings. The van der Waals surface area contributed by atoms with Crippen molar-refractivity contribution in [3.8, 4) is 0 Å². The van der Waals surface area contributed by atoms with Gasteiger partial charge in [-0.1, -0.05) is 54.1 Å². The maximum atomic E-state index is 13.5. The number of halogens is 1. The molecule has 0 spiro atoms. The fourth-order valence-corrected chi connectivity index (χ4v) is 4.46. The van der Waals surface area contributed by atoms with Gasteiger partial charge in [0.25, 0.3) is 5.91 Å². The second-order valence-corrected chi connectivity index (χ2v) is 8.00. The van der Waals surface area contributed by atoms with Gasteiger partial charge in [-0.05, 0) is 54.4 Å². The van der Waals surface area contributed by atoms with Crippen LogP contribution < -0.4 is 9.96 Å². The summed E-state index contributed by atoms with van der Waals surface area (Å²) >= 11 is 6.25. The summed E-state index contributed by atoms with van der Waals surface area (Å²) < 4.78 is 0. The van der Waals surface area contributed by atoms with E-state index in [1.54, 1.807) is 17.2 Å². The maximum Gasteiger partial charge on any atom is 0.266 e. The molecular weight excluding hydrogens is 400 g/mol. The van der Waals surface area contributed by atoms with Crippen molar-refractivity contribution in [1.82, 2.24) is 0 Å². The molecule has 0 aliphatic carbocycles. The van der Waals surface area contributed by atoms with Gasteiger partial charge in [0.2, 0.25) is 5.91 Å². The molecule has 30 heavy (non-hydrogen) atoms. The molecule has 2 heterocycles. The number of anilines is 2. The van der Waals surface area contributed by atoms with Crippen LogP contribution in [-0.2, 0) is 14.4 Å². The Labute approximate surface area is 179 Å². The Morgan fingerprint density at radius 2 is 1.57 bits per heavy atom. The van der Waals surface area contributed by atoms with Gasteiger partial charge in [-0.15, -0.1) is 0 Å². The lowest BCUT2D eigenvalue weighted by molar-refractivity contribution is -0.126. The Morgan fingerprint density at radius 1 is 0.833 bits per heavy atom. The molecule has 0 unspecified atom stereocenters. The summed E-state index contributed by atoms with van der Waals surface area (Å²) in [5, 5.41) is 2.24. The molecule has 0 saturated carbocycles. The molecule has 2 aliphatic heterocycles. The third kappa shape index (κ3) is 2.98. The SMILES string of the molecule is Cc1cccc(N2C(=O)[C@H]3[C@@H](c4cccc(Cl)c4)N(c4ccccc4)O[C@H]3C2=O)c1. The van der Waals surface area contributed by atoms with Gasteiger partial charge in [-0.2, -0.15) is 0 Å². The van der Waals surface area contributed by atoms with E-state index in [0.717, 1.165) is 16.8 Å². The Balaban J connectivity index is 1.60. The van der Waals surface area contributed by atoms with E-state index in [9.17, 15) is 9.59 Å². The molecule has 5 rings (SSSR count). The number of hydrogen-bond donors (Lipinski definition) is 0. The molecule has 150 valence electrons. The summed E-state index contributed by atoms with van der Waals surface area (Å²) in [5.74, 6) is -1.28. The van der Waals surface area contributed by atoms with Gasteiger partial charge in [-0.3, -0.25) is 14.4 Å². The predicted molar refractivity (Wildman–Crippen MR) is 115 cm³/mol. The van der Waals surface area contributed by atoms with Crippen molar-refractivity contribution in [1.29, 1.82) is 0 Å². The van der Waals surface area contributed by atoms with Gasteiger partial charge in [0.15, 0.2) is 6.10 Å². The predicted octanol–water partition coefficient (Wildman–Crippen LogP) is 4.70. The molecule has 0 aromatic heterocycles. The fraction of sp³-hybridized carbons (Fsp3) is 0.167. The van der Waals surface area contributed by atoms with Crippen LogP contribution in [0.25, 0.3) is 0 Å². The van der Waals surface area contributed by atoms with Gasteiger partial charge in [0, 0.05) is 5.02 Å². The van der Waals surface area contributed by atoms with Crippen molar-refractivity contribution < 1.29 is 14.4 Å². The number of rotatable bonds is 3. The minimum atomic E-state index is -0.887. The lowest BCUT2D eigenvalue weighted by Crippen LogP contribution is -2.37. The summed E-state index contributed by atoms with van der Waals surface area (Å²) in [7, 11) is 0. The molecule has 2 saturated heterocycles. The van der Waals surface area contributed by atoms with Crippen molar-refractivity contribution in [2.75, 3.05) is 9.96 Å². The van der Waals surface area contributed by atoms with E-state index in [2.05, 4.69) is 0 Å². The van der Waals surface area contributed by atoms with E-state index in [4.69, 9.17) is 16.4 Å². The van der Waals surface area contributed by atoms with E-state index >= 15 is 0 Å². The second-order valence-electron chi connectivity index (χ2n) is 7.56. The van der Waals surface area contributed by atoms with Crippen molar-refractivity contribution >= 4 is 34.8 Å². The van der Waals surface area contributed by atoms with Crippen LogP contribution in [0.15, 0.2) is 78.9 Å². The Hall–Kier alpha value is -3.15. The summed E-state index contributed by atoms with van der Waals surface area (Å²) in [6, 6.07) is 23.7. The number of para-hydroxylation sites is 1. The minimum Gasteiger partial charge on any atom is -0.273 e. The van der Waals surface area contributed by atoms with Crippen molar-refractivity contribution in [2.45, 2.75) is 19.1 Å². The molecule has 2 amide bonds. The zero-order valence-corrected chi connectivity index (χ0v) is 17.0. The number of hydrogen-bond acceptors (Lipinski definition) is 4. The van der Waals surface area contributed by atoms with Gasteiger partial charge < -0.3 is 0 Å². The highest BCUT2D eigenvalue weighted by atomic mass is 35.5. The molecule has 0 bridgehead atoms. The summed E-state index contributed by atoms with van der Waals surface area (Å²) in [4.78, 5) is 34.2. The van der Waals surface area contributed by atoms with Crippen LogP contribution in [0.4, 0.5) is 11.4 Å². The standard InChI is InChI=1S/C24H19ClN2O3/c1-15-7-5-12-19(13-15)26-23(28)20-21(16-8-6-9-17(25)14-16)27(30-22(20)24(26)29)18-10-3-2-4-11-18/h2-14,20-22H,1H3/t20-,21+,22+/m0/s1. The normalized spacial score (nSPS) is 23.2. The van der Waals surface area contributed by atoms with Gasteiger partial charge >= 0.3 is 0 Å². The zero-order chi connectivity index (χ0) is 20.8. The monoisotopic (exact) mass is 418 g/mol. The molecule has 3 aromatic carbocycles. The summed E-state index contributed by atoms with van der Waals surface area (Å²) in [5.41, 5.74) is 3.15. The molecule has 6 heteroatoms. The largest absolute Gasteiger partial charge is 0.273 e. The molecular formula is C24H19ClN2O3. The molecule has 0 N–H and O–H groups in total. The fourth-order valence-electron chi connectivity index (χ4n) is 4.26. The van der Waals surface area contributed by atoms with Crippen molar-refractivity contribution in [2.24, 2.45) is 5.92 Å². The van der Waals surface area contributed by atoms with E-state index in [1.165, 1.54) is 4.90 Å². The number of nitrogens with zero attached hydrogens (tertiary/aromatic N) is 2. The lowest BCUT2D eigenvalue weighted by Gasteiger charge is -2.28. The topological polar surface area (TPSA) is 49.9 Å². The van der Waals surface area contributed by atoms with Crippen LogP contribution in [0.3, 0.4) is 0 Å². The quantitative estimate of drug-likeness (QED) is 0.578. The first-order chi connectivity index (χ1) is 14.5. The number of aryl methyl sites for hydroxylation is 1. The molecule has 5 nitrogen and oxygen atoms in total. The van der Waals surface area contributed by atoms with Crippen molar-refractivity contribution in [3.63, 3.8) is 0 Å². The highest BCUT2D eigenvalue weighted by Gasteiger charge is 2.60. The van der Waals surface area contributed by atoms with Gasteiger partial charge in [0.05, 0.1) is 17.4 Å². The molecule has 3 atom stereocenters. The lowest BCUT2D eigenvalue weighted by atomic mass is 9.90. The Morgan fingerprint density at radius 3 is 2.30 bits per heavy atom. The third-order valence-electron chi connectivity index (χ3n) is 5.58. The van der Waals surface area contributed by atoms with Crippen LogP contribution in [0, 0.1) is 12.8 Å². The molecule has 0 radical (unpaired) electrons. The third-order valence-corrected chi connectivity index (χ3v) is 5.81. The molecule has 2 aliphatic rings. The van der Waals surface area contributed by atoms with Crippen molar-refractivity contribution in [3.05, 3.63) is 95.0 Å².